The van der Waals surface area contributed by atoms with Gasteiger partial charge in [-0.25, -0.2) is 0 Å². The van der Waals surface area contributed by atoms with Gasteiger partial charge in [-0.15, -0.1) is 0 Å². The molecule has 0 spiro atoms. The number of rotatable bonds is 1. The molecule has 0 amide bonds. The van der Waals surface area contributed by atoms with E-state index in [4.69, 9.17) is 0 Å². The molecule has 2 heteroatoms. The van der Waals surface area contributed by atoms with Crippen LogP contribution in [0.1, 0.15) is 34.1 Å². The van der Waals surface area contributed by atoms with Crippen molar-refractivity contribution in [2.24, 2.45) is 10.8 Å². The van der Waals surface area contributed by atoms with Gasteiger partial charge in [-0.3, -0.25) is 9.59 Å². The highest BCUT2D eigenvalue weighted by Gasteiger charge is 2.59. The molecule has 0 heterocycles. The van der Waals surface area contributed by atoms with Crippen LogP contribution in [0.3, 0.4) is 0 Å². The summed E-state index contributed by atoms with van der Waals surface area (Å²) in [6.07, 6.45) is 0.426. The Morgan fingerprint density at radius 1 is 1.36 bits per heavy atom. The van der Waals surface area contributed by atoms with Gasteiger partial charge in [0.1, 0.15) is 11.6 Å². The van der Waals surface area contributed by atoms with Crippen LogP contribution in [0, 0.1) is 10.8 Å². The highest BCUT2D eigenvalue weighted by Crippen LogP contribution is 2.53. The van der Waals surface area contributed by atoms with Gasteiger partial charge < -0.3 is 0 Å². The Balaban J connectivity index is 2.96. The van der Waals surface area contributed by atoms with E-state index >= 15 is 0 Å². The zero-order valence-electron chi connectivity index (χ0n) is 7.52. The topological polar surface area (TPSA) is 34.1 Å². The lowest BCUT2D eigenvalue weighted by atomic mass is 9.50. The number of hydrogen-bond acceptors (Lipinski definition) is 2. The van der Waals surface area contributed by atoms with Crippen LogP contribution < -0.4 is 0 Å². The van der Waals surface area contributed by atoms with Gasteiger partial charge in [0.05, 0.1) is 0 Å². The molecule has 11 heavy (non-hydrogen) atoms. The molecule has 0 aromatic rings. The first kappa shape index (κ1) is 8.44. The molecule has 0 aromatic heterocycles. The standard InChI is InChI=1S/C9H14O2/c1-6(10)9(4)5-7(11)8(9,2)3/h5H2,1-4H3. The highest BCUT2D eigenvalue weighted by atomic mass is 16.1. The lowest BCUT2D eigenvalue weighted by molar-refractivity contribution is -0.162. The molecule has 0 saturated heterocycles. The van der Waals surface area contributed by atoms with Crippen molar-refractivity contribution in [1.29, 1.82) is 0 Å². The molecule has 1 fully saturated rings. The van der Waals surface area contributed by atoms with Crippen molar-refractivity contribution in [3.63, 3.8) is 0 Å². The Hall–Kier alpha value is -0.660. The van der Waals surface area contributed by atoms with E-state index in [-0.39, 0.29) is 11.6 Å². The zero-order chi connectivity index (χ0) is 8.86. The lowest BCUT2D eigenvalue weighted by Gasteiger charge is -2.50. The third-order valence-electron chi connectivity index (χ3n) is 3.37. The monoisotopic (exact) mass is 154 g/mol. The maximum atomic E-state index is 11.2. The first-order valence-electron chi connectivity index (χ1n) is 3.87. The molecule has 1 aliphatic rings. The van der Waals surface area contributed by atoms with Crippen LogP contribution in [0.25, 0.3) is 0 Å². The third-order valence-corrected chi connectivity index (χ3v) is 3.37. The van der Waals surface area contributed by atoms with Crippen LogP contribution >= 0.6 is 0 Å². The van der Waals surface area contributed by atoms with Crippen LogP contribution in [0.5, 0.6) is 0 Å². The fourth-order valence-corrected chi connectivity index (χ4v) is 1.53. The quantitative estimate of drug-likeness (QED) is 0.574. The number of ketones is 2. The van der Waals surface area contributed by atoms with E-state index in [1.807, 2.05) is 20.8 Å². The van der Waals surface area contributed by atoms with Gasteiger partial charge in [0.15, 0.2) is 0 Å². The Labute approximate surface area is 67.0 Å². The van der Waals surface area contributed by atoms with Gasteiger partial charge in [-0.2, -0.15) is 0 Å². The number of hydrogen-bond donors (Lipinski definition) is 0. The number of carbonyl (C=O) groups is 2. The summed E-state index contributed by atoms with van der Waals surface area (Å²) < 4.78 is 0. The molecule has 62 valence electrons. The molecular weight excluding hydrogens is 140 g/mol. The van der Waals surface area contributed by atoms with E-state index < -0.39 is 10.8 Å². The predicted molar refractivity (Wildman–Crippen MR) is 42.2 cm³/mol. The molecule has 1 rings (SSSR count). The molecule has 0 bridgehead atoms. The minimum Gasteiger partial charge on any atom is -0.299 e. The van der Waals surface area contributed by atoms with Crippen LogP contribution in [-0.4, -0.2) is 11.6 Å². The van der Waals surface area contributed by atoms with Crippen LogP contribution in [-0.2, 0) is 9.59 Å². The summed E-state index contributed by atoms with van der Waals surface area (Å²) in [5.41, 5.74) is -0.830. The second-order valence-electron chi connectivity index (χ2n) is 4.11. The van der Waals surface area contributed by atoms with E-state index in [0.29, 0.717) is 6.42 Å². The van der Waals surface area contributed by atoms with Crippen LogP contribution in [0.4, 0.5) is 0 Å². The van der Waals surface area contributed by atoms with Crippen molar-refractivity contribution in [3.05, 3.63) is 0 Å². The van der Waals surface area contributed by atoms with E-state index in [9.17, 15) is 9.59 Å². The summed E-state index contributed by atoms with van der Waals surface area (Å²) in [6.45, 7) is 7.13. The summed E-state index contributed by atoms with van der Waals surface area (Å²) >= 11 is 0. The van der Waals surface area contributed by atoms with Crippen molar-refractivity contribution in [2.45, 2.75) is 34.1 Å². The molecule has 1 saturated carbocycles. The Kier molecular flexibility index (Phi) is 1.48. The second-order valence-corrected chi connectivity index (χ2v) is 4.11. The van der Waals surface area contributed by atoms with Gasteiger partial charge in [0.2, 0.25) is 0 Å². The molecule has 0 N–H and O–H groups in total. The van der Waals surface area contributed by atoms with Gasteiger partial charge in [-0.05, 0) is 6.92 Å². The average Bonchev–Trinajstić information content (AvgIpc) is 1.87. The summed E-state index contributed by atoms with van der Waals surface area (Å²) in [4.78, 5) is 22.3. The summed E-state index contributed by atoms with van der Waals surface area (Å²) in [5, 5.41) is 0. The fourth-order valence-electron chi connectivity index (χ4n) is 1.53. The smallest absolute Gasteiger partial charge is 0.140 e. The van der Waals surface area contributed by atoms with Crippen LogP contribution in [0.15, 0.2) is 0 Å². The Morgan fingerprint density at radius 3 is 1.91 bits per heavy atom. The molecule has 0 aliphatic heterocycles. The number of carbonyl (C=O) groups excluding carboxylic acids is 2. The molecule has 1 atom stereocenters. The zero-order valence-corrected chi connectivity index (χ0v) is 7.52. The molecular formula is C9H14O2. The molecule has 0 radical (unpaired) electrons. The maximum Gasteiger partial charge on any atom is 0.140 e. The van der Waals surface area contributed by atoms with E-state index in [1.54, 1.807) is 6.92 Å². The molecule has 2 nitrogen and oxygen atoms in total. The summed E-state index contributed by atoms with van der Waals surface area (Å²) in [5.74, 6) is 0.331. The molecule has 1 unspecified atom stereocenters. The lowest BCUT2D eigenvalue weighted by Crippen LogP contribution is -2.57. The molecule has 0 aromatic carbocycles. The minimum absolute atomic E-state index is 0.127. The second kappa shape index (κ2) is 1.93. The first-order valence-corrected chi connectivity index (χ1v) is 3.87. The number of Topliss-reactive ketones (excluding diaryl/α,β-unsaturated/α-hetero) is 2. The minimum atomic E-state index is -0.432. The Morgan fingerprint density at radius 2 is 1.82 bits per heavy atom. The average molecular weight is 154 g/mol. The molecule has 1 aliphatic carbocycles. The summed E-state index contributed by atoms with van der Waals surface area (Å²) in [7, 11) is 0. The van der Waals surface area contributed by atoms with Gasteiger partial charge in [0.25, 0.3) is 0 Å². The summed E-state index contributed by atoms with van der Waals surface area (Å²) in [6, 6.07) is 0. The largest absolute Gasteiger partial charge is 0.299 e. The normalized spacial score (nSPS) is 34.7. The van der Waals surface area contributed by atoms with Gasteiger partial charge in [0, 0.05) is 17.3 Å². The van der Waals surface area contributed by atoms with Crippen LogP contribution in [0.2, 0.25) is 0 Å². The predicted octanol–water partition coefficient (Wildman–Crippen LogP) is 1.58. The SMILES string of the molecule is CC(=O)C1(C)CC(=O)C1(C)C. The maximum absolute atomic E-state index is 11.2. The van der Waals surface area contributed by atoms with Crippen molar-refractivity contribution in [3.8, 4) is 0 Å². The highest BCUT2D eigenvalue weighted by molar-refractivity contribution is 6.03. The Bertz CT molecular complexity index is 228. The van der Waals surface area contributed by atoms with Crippen molar-refractivity contribution in [1.82, 2.24) is 0 Å². The van der Waals surface area contributed by atoms with Gasteiger partial charge >= 0.3 is 0 Å². The van der Waals surface area contributed by atoms with E-state index in [0.717, 1.165) is 0 Å². The van der Waals surface area contributed by atoms with Crippen molar-refractivity contribution >= 4 is 11.6 Å². The van der Waals surface area contributed by atoms with E-state index in [2.05, 4.69) is 0 Å². The van der Waals surface area contributed by atoms with Gasteiger partial charge in [-0.1, -0.05) is 20.8 Å². The first-order chi connectivity index (χ1) is 4.82. The van der Waals surface area contributed by atoms with Crippen molar-refractivity contribution in [2.75, 3.05) is 0 Å². The third kappa shape index (κ3) is 0.784. The fraction of sp³-hybridized carbons (Fsp3) is 0.778. The van der Waals surface area contributed by atoms with E-state index in [1.165, 1.54) is 0 Å². The van der Waals surface area contributed by atoms with Crippen molar-refractivity contribution < 1.29 is 9.59 Å².